The first-order valence-electron chi connectivity index (χ1n) is 25.2. The highest BCUT2D eigenvalue weighted by Gasteiger charge is 2.33. The summed E-state index contributed by atoms with van der Waals surface area (Å²) in [6.45, 7) is 5.08. The van der Waals surface area contributed by atoms with Crippen molar-refractivity contribution in [1.29, 1.82) is 0 Å². The lowest BCUT2D eigenvalue weighted by Crippen LogP contribution is -2.40. The number of aliphatic hydroxyl groups excluding tert-OH is 1. The summed E-state index contributed by atoms with van der Waals surface area (Å²) in [6.07, 6.45) is -1.36. The number of aliphatic hydroxyl groups is 1. The second-order valence-electron chi connectivity index (χ2n) is 18.6. The molecule has 9 N–H and O–H groups in total. The van der Waals surface area contributed by atoms with E-state index in [0.717, 1.165) is 22.7 Å². The fraction of sp³-hybridized carbons (Fsp3) is 0.308. The van der Waals surface area contributed by atoms with Gasteiger partial charge in [0.1, 0.15) is 82.2 Å². The van der Waals surface area contributed by atoms with E-state index in [2.05, 4.69) is 52.2 Å². The number of ether oxygens (including phenoxy) is 1. The number of nitrogens with one attached hydrogen (secondary N) is 7. The van der Waals surface area contributed by atoms with Gasteiger partial charge in [0.05, 0.1) is 42.2 Å². The first-order chi connectivity index (χ1) is 39.5. The van der Waals surface area contributed by atoms with E-state index in [-0.39, 0.29) is 66.2 Å². The summed E-state index contributed by atoms with van der Waals surface area (Å²) in [5.41, 5.74) is 2.60. The van der Waals surface area contributed by atoms with E-state index in [9.17, 15) is 38.7 Å². The van der Waals surface area contributed by atoms with Crippen LogP contribution in [-0.2, 0) is 25.7 Å². The van der Waals surface area contributed by atoms with Gasteiger partial charge in [0.25, 0.3) is 17.7 Å². The molecule has 8 heterocycles. The maximum absolute atomic E-state index is 14.3. The Morgan fingerprint density at radius 3 is 2.20 bits per heavy atom. The van der Waals surface area contributed by atoms with Gasteiger partial charge in [0, 0.05) is 59.1 Å². The van der Waals surface area contributed by atoms with E-state index in [4.69, 9.17) is 29.8 Å². The van der Waals surface area contributed by atoms with Crippen molar-refractivity contribution in [3.05, 3.63) is 111 Å². The molecule has 426 valence electrons. The molecule has 4 atom stereocenters. The number of fused-ring (bicyclic) bond motifs is 14. The second kappa shape index (κ2) is 26.4. The number of hydrogen-bond donors (Lipinski definition) is 9. The van der Waals surface area contributed by atoms with Crippen molar-refractivity contribution in [2.45, 2.75) is 70.9 Å². The van der Waals surface area contributed by atoms with Crippen molar-refractivity contribution >= 4 is 115 Å². The molecule has 0 unspecified atom stereocenters. The molecule has 1 aliphatic heterocycles. The minimum atomic E-state index is -1.28. The van der Waals surface area contributed by atoms with Gasteiger partial charge in [-0.05, 0) is 37.0 Å². The maximum Gasteiger partial charge on any atom is 0.320 e. The Hall–Kier alpha value is -7.84. The second-order valence-corrected chi connectivity index (χ2v) is 24.4. The lowest BCUT2D eigenvalue weighted by Gasteiger charge is -2.23. The van der Waals surface area contributed by atoms with Gasteiger partial charge >= 0.3 is 12.0 Å². The minimum absolute atomic E-state index is 0.00161. The van der Waals surface area contributed by atoms with Gasteiger partial charge in [-0.3, -0.25) is 34.1 Å². The van der Waals surface area contributed by atoms with Crippen molar-refractivity contribution in [3.8, 4) is 43.4 Å². The third kappa shape index (κ3) is 13.9. The van der Waals surface area contributed by atoms with Crippen LogP contribution in [0.2, 0.25) is 0 Å². The number of methoxy groups -OCH3 is 1. The number of carboxylic acids is 1. The molecule has 9 rings (SSSR count). The average Bonchev–Trinajstić information content (AvgIpc) is 4.45. The van der Waals surface area contributed by atoms with Crippen LogP contribution in [0.1, 0.15) is 119 Å². The Bertz CT molecular complexity index is 3670. The number of anilines is 1. The molecule has 0 fully saturated rings. The number of amides is 7. The molecular weight excluding hydrogens is 1170 g/mol. The summed E-state index contributed by atoms with van der Waals surface area (Å²) in [5, 5.41) is 49.2. The van der Waals surface area contributed by atoms with E-state index in [1.54, 1.807) is 70.9 Å². The number of nitrogens with zero attached hydrogens (tertiary/aromatic N) is 7. The molecule has 8 aromatic rings. The van der Waals surface area contributed by atoms with E-state index >= 15 is 0 Å². The Labute approximate surface area is 491 Å². The predicted octanol–water partition coefficient (Wildman–Crippen LogP) is 7.30. The Morgan fingerprint density at radius 1 is 0.720 bits per heavy atom. The number of carbonyl (C=O) groups excluding carboxylic acids is 6. The largest absolute Gasteiger partial charge is 0.481 e. The average molecular weight is 1230 g/mol. The number of aryl methyl sites for hydroxylation is 1. The van der Waals surface area contributed by atoms with Crippen molar-refractivity contribution in [1.82, 2.24) is 66.8 Å². The van der Waals surface area contributed by atoms with Gasteiger partial charge in [0.15, 0.2) is 0 Å². The Morgan fingerprint density at radius 2 is 1.44 bits per heavy atom. The molecule has 0 aliphatic carbocycles. The number of aromatic nitrogens is 7. The van der Waals surface area contributed by atoms with Crippen LogP contribution < -0.4 is 37.2 Å². The highest BCUT2D eigenvalue weighted by molar-refractivity contribution is 7.15. The third-order valence-electron chi connectivity index (χ3n) is 12.3. The van der Waals surface area contributed by atoms with Crippen LogP contribution in [0.3, 0.4) is 0 Å². The standard InChI is InChI=1S/C52H52N14O10S6/c1-23(2)37-51-66-40(32(82-51)18-76-5)44(73)55-17-35(68)63-41(42(71)25-10-7-6-8-11-25)50-60-31(21-79-50)48-58-29(19-78-48)39-26(13-14-27(56-39)47-61-33(22-80-47)62-52(75)54-15-9-12-36(69)70)46-59-30(20-77-46)43(72)57-28(16-34(67)53-4)49-65-38(24(3)81-49)45(74)64-37/h6-8,10-11,13-14,19-23,28,37,41-42,71H,9,12,15-18H2,1-5H3,(H,53,67)(H,55,73)(H,57,72)(H,63,68)(H,64,74)(H,69,70)(H2,54,62,75)/t28-,37+,41-,42-/m0/s1. The molecule has 0 saturated carbocycles. The number of urea groups is 1. The van der Waals surface area contributed by atoms with Gasteiger partial charge in [-0.1, -0.05) is 44.2 Å². The summed E-state index contributed by atoms with van der Waals surface area (Å²) in [5.74, 6) is -3.91. The van der Waals surface area contributed by atoms with Crippen LogP contribution in [0.5, 0.6) is 0 Å². The molecule has 0 saturated heterocycles. The molecule has 24 nitrogen and oxygen atoms in total. The quantitative estimate of drug-likeness (QED) is 0.0511. The summed E-state index contributed by atoms with van der Waals surface area (Å²) in [7, 11) is 2.93. The van der Waals surface area contributed by atoms with E-state index in [0.29, 0.717) is 68.7 Å². The SMILES string of the molecule is CNC(=O)C[C@@H]1NC(=O)c2csc(n2)-c2ccc(-c3nc(NC(=O)NCCCC(=O)O)cs3)nc2-c2csc(n2)-c2csc(n2)[C@H]([C@@H](O)c2ccccc2)NC(=O)CNC(=O)c2nc(sc2COC)[C@@H](C(C)C)NC(=O)c2nc1sc2C. The number of rotatable bonds is 13. The van der Waals surface area contributed by atoms with Crippen LogP contribution in [0.15, 0.2) is 64.0 Å². The fourth-order valence-corrected chi connectivity index (χ4v) is 13.7. The normalized spacial score (nSPS) is 16.3. The maximum atomic E-state index is 14.3. The molecule has 30 heteroatoms. The lowest BCUT2D eigenvalue weighted by atomic mass is 10.0. The van der Waals surface area contributed by atoms with E-state index in [1.807, 2.05) is 13.8 Å². The van der Waals surface area contributed by atoms with Crippen molar-refractivity contribution in [2.24, 2.45) is 5.92 Å². The molecule has 10 bridgehead atoms. The zero-order valence-corrected chi connectivity index (χ0v) is 49.1. The van der Waals surface area contributed by atoms with Crippen LogP contribution in [0.25, 0.3) is 43.4 Å². The zero-order chi connectivity index (χ0) is 58.2. The summed E-state index contributed by atoms with van der Waals surface area (Å²) in [4.78, 5) is 127. The number of carbonyl (C=O) groups is 7. The van der Waals surface area contributed by atoms with Crippen LogP contribution >= 0.6 is 68.0 Å². The summed E-state index contributed by atoms with van der Waals surface area (Å²) in [6, 6.07) is 8.84. The monoisotopic (exact) mass is 1220 g/mol. The van der Waals surface area contributed by atoms with Gasteiger partial charge < -0.3 is 46.9 Å². The smallest absolute Gasteiger partial charge is 0.320 e. The topological polar surface area (TPSA) is 344 Å². The fourth-order valence-electron chi connectivity index (χ4n) is 8.24. The first-order valence-corrected chi connectivity index (χ1v) is 30.3. The molecule has 0 spiro atoms. The Kier molecular flexibility index (Phi) is 18.9. The van der Waals surface area contributed by atoms with Crippen molar-refractivity contribution < 1.29 is 48.5 Å². The van der Waals surface area contributed by atoms with Crippen LogP contribution in [0.4, 0.5) is 10.6 Å². The number of hydrogen-bond acceptors (Lipinski definition) is 22. The highest BCUT2D eigenvalue weighted by atomic mass is 32.1. The molecule has 1 aliphatic rings. The Balaban J connectivity index is 1.11. The molecule has 0 radical (unpaired) electrons. The lowest BCUT2D eigenvalue weighted by molar-refractivity contribution is -0.137. The van der Waals surface area contributed by atoms with Crippen molar-refractivity contribution in [3.63, 3.8) is 0 Å². The molecule has 1 aromatic carbocycles. The summed E-state index contributed by atoms with van der Waals surface area (Å²) >= 11 is 7.10. The highest BCUT2D eigenvalue weighted by Crippen LogP contribution is 2.40. The van der Waals surface area contributed by atoms with Crippen molar-refractivity contribution in [2.75, 3.05) is 32.6 Å². The van der Waals surface area contributed by atoms with Gasteiger partial charge in [-0.25, -0.2) is 39.7 Å². The van der Waals surface area contributed by atoms with E-state index < -0.39 is 72.3 Å². The number of thiazole rings is 6. The molecule has 82 heavy (non-hydrogen) atoms. The zero-order valence-electron chi connectivity index (χ0n) is 44.2. The molecular formula is C52H52N14O10S6. The van der Waals surface area contributed by atoms with E-state index in [1.165, 1.54) is 59.5 Å². The number of carboxylic acid groups (broad SMARTS) is 1. The first kappa shape index (κ1) is 58.8. The van der Waals surface area contributed by atoms with Gasteiger partial charge in [-0.2, -0.15) is 0 Å². The van der Waals surface area contributed by atoms with Crippen LogP contribution in [-0.4, -0.2) is 114 Å². The van der Waals surface area contributed by atoms with Gasteiger partial charge in [-0.15, -0.1) is 68.0 Å². The van der Waals surface area contributed by atoms with Gasteiger partial charge in [0.2, 0.25) is 11.8 Å². The number of pyridine rings is 1. The minimum Gasteiger partial charge on any atom is -0.481 e. The summed E-state index contributed by atoms with van der Waals surface area (Å²) < 4.78 is 5.44. The van der Waals surface area contributed by atoms with Crippen LogP contribution in [0, 0.1) is 12.8 Å². The molecule has 7 aromatic heterocycles. The predicted molar refractivity (Wildman–Crippen MR) is 311 cm³/mol. The number of benzene rings is 1. The molecule has 7 amide bonds. The number of aliphatic carboxylic acids is 1. The third-order valence-corrected chi connectivity index (χ3v) is 18.1.